The molecular weight excluding hydrogens is 326 g/mol. The topological polar surface area (TPSA) is 74.6 Å². The standard InChI is InChI=1S/C13H18BrN3O3/c1-17(13(19)10-4-5-11(14)20-10)8-12(18)16-9-3-2-6-15-7-9/h4-5,9,15H,2-3,6-8H2,1H3,(H,16,18). The van der Waals surface area contributed by atoms with Crippen LogP contribution in [0, 0.1) is 0 Å². The average molecular weight is 344 g/mol. The lowest BCUT2D eigenvalue weighted by Gasteiger charge is -2.25. The highest BCUT2D eigenvalue weighted by Crippen LogP contribution is 2.15. The first-order valence-corrected chi connectivity index (χ1v) is 7.36. The minimum absolute atomic E-state index is 0.0215. The highest BCUT2D eigenvalue weighted by Gasteiger charge is 2.20. The van der Waals surface area contributed by atoms with Gasteiger partial charge in [-0.1, -0.05) is 0 Å². The van der Waals surface area contributed by atoms with Gasteiger partial charge in [-0.05, 0) is 47.4 Å². The Morgan fingerprint density at radius 1 is 1.55 bits per heavy atom. The first kappa shape index (κ1) is 15.1. The summed E-state index contributed by atoms with van der Waals surface area (Å²) in [6, 6.07) is 3.37. The molecule has 1 unspecified atom stereocenters. The van der Waals surface area contributed by atoms with Crippen molar-refractivity contribution in [2.24, 2.45) is 0 Å². The first-order chi connectivity index (χ1) is 9.56. The van der Waals surface area contributed by atoms with E-state index in [1.54, 1.807) is 19.2 Å². The zero-order valence-corrected chi connectivity index (χ0v) is 12.9. The third-order valence-electron chi connectivity index (χ3n) is 3.17. The summed E-state index contributed by atoms with van der Waals surface area (Å²) in [5.41, 5.74) is 0. The fourth-order valence-electron chi connectivity index (χ4n) is 2.15. The van der Waals surface area contributed by atoms with E-state index in [4.69, 9.17) is 4.42 Å². The van der Waals surface area contributed by atoms with Crippen molar-refractivity contribution in [3.05, 3.63) is 22.6 Å². The first-order valence-electron chi connectivity index (χ1n) is 6.57. The average Bonchev–Trinajstić information content (AvgIpc) is 2.85. The van der Waals surface area contributed by atoms with Gasteiger partial charge in [0.1, 0.15) is 0 Å². The van der Waals surface area contributed by atoms with E-state index in [-0.39, 0.29) is 30.2 Å². The van der Waals surface area contributed by atoms with E-state index in [1.807, 2.05) is 0 Å². The van der Waals surface area contributed by atoms with Crippen molar-refractivity contribution < 1.29 is 14.0 Å². The zero-order valence-electron chi connectivity index (χ0n) is 11.3. The maximum Gasteiger partial charge on any atom is 0.289 e. The molecule has 0 bridgehead atoms. The molecule has 1 atom stereocenters. The molecule has 2 heterocycles. The summed E-state index contributed by atoms with van der Waals surface area (Å²) in [6.45, 7) is 1.81. The van der Waals surface area contributed by atoms with Gasteiger partial charge in [0.25, 0.3) is 5.91 Å². The number of halogens is 1. The Hall–Kier alpha value is -1.34. The number of nitrogens with zero attached hydrogens (tertiary/aromatic N) is 1. The lowest BCUT2D eigenvalue weighted by Crippen LogP contribution is -2.48. The van der Waals surface area contributed by atoms with E-state index in [1.165, 1.54) is 4.90 Å². The van der Waals surface area contributed by atoms with E-state index < -0.39 is 0 Å². The normalized spacial score (nSPS) is 18.6. The Labute approximate surface area is 126 Å². The number of piperidine rings is 1. The zero-order chi connectivity index (χ0) is 14.5. The Kier molecular flexibility index (Phi) is 5.19. The van der Waals surface area contributed by atoms with E-state index in [0.717, 1.165) is 25.9 Å². The summed E-state index contributed by atoms with van der Waals surface area (Å²) in [4.78, 5) is 25.2. The smallest absolute Gasteiger partial charge is 0.289 e. The van der Waals surface area contributed by atoms with Gasteiger partial charge in [0.2, 0.25) is 5.91 Å². The number of likely N-dealkylation sites (N-methyl/N-ethyl adjacent to an activating group) is 1. The Bertz CT molecular complexity index is 483. The minimum atomic E-state index is -0.312. The molecule has 1 aromatic heterocycles. The number of amides is 2. The largest absolute Gasteiger partial charge is 0.444 e. The summed E-state index contributed by atoms with van der Waals surface area (Å²) in [5, 5.41) is 6.16. The molecule has 0 spiro atoms. The van der Waals surface area contributed by atoms with Crippen LogP contribution in [-0.4, -0.2) is 49.4 Å². The Morgan fingerprint density at radius 3 is 2.95 bits per heavy atom. The van der Waals surface area contributed by atoms with Crippen LogP contribution in [0.1, 0.15) is 23.4 Å². The SMILES string of the molecule is CN(CC(=O)NC1CCCNC1)C(=O)c1ccc(Br)o1. The molecule has 2 amide bonds. The van der Waals surface area contributed by atoms with Gasteiger partial charge in [0.15, 0.2) is 10.4 Å². The Balaban J connectivity index is 1.82. The second-order valence-corrected chi connectivity index (χ2v) is 5.66. The van der Waals surface area contributed by atoms with Crippen LogP contribution in [0.5, 0.6) is 0 Å². The van der Waals surface area contributed by atoms with E-state index in [2.05, 4.69) is 26.6 Å². The van der Waals surface area contributed by atoms with Crippen molar-refractivity contribution in [1.82, 2.24) is 15.5 Å². The second-order valence-electron chi connectivity index (χ2n) is 4.88. The maximum atomic E-state index is 12.0. The lowest BCUT2D eigenvalue weighted by atomic mass is 10.1. The van der Waals surface area contributed by atoms with Gasteiger partial charge in [0, 0.05) is 19.6 Å². The molecule has 2 rings (SSSR count). The molecule has 6 nitrogen and oxygen atoms in total. The monoisotopic (exact) mass is 343 g/mol. The summed E-state index contributed by atoms with van der Waals surface area (Å²) in [5.74, 6) is -0.251. The lowest BCUT2D eigenvalue weighted by molar-refractivity contribution is -0.122. The molecule has 0 aromatic carbocycles. The van der Waals surface area contributed by atoms with Crippen LogP contribution in [0.25, 0.3) is 0 Å². The van der Waals surface area contributed by atoms with E-state index in [0.29, 0.717) is 4.67 Å². The van der Waals surface area contributed by atoms with Gasteiger partial charge < -0.3 is 20.0 Å². The molecule has 2 N–H and O–H groups in total. The summed E-state index contributed by atoms with van der Waals surface area (Å²) in [6.07, 6.45) is 2.03. The van der Waals surface area contributed by atoms with Gasteiger partial charge in [-0.15, -0.1) is 0 Å². The number of carbonyl (C=O) groups excluding carboxylic acids is 2. The van der Waals surface area contributed by atoms with Crippen LogP contribution in [0.2, 0.25) is 0 Å². The highest BCUT2D eigenvalue weighted by atomic mass is 79.9. The third-order valence-corrected chi connectivity index (χ3v) is 3.60. The minimum Gasteiger partial charge on any atom is -0.444 e. The van der Waals surface area contributed by atoms with Crippen LogP contribution in [0.4, 0.5) is 0 Å². The van der Waals surface area contributed by atoms with Crippen LogP contribution in [0.3, 0.4) is 0 Å². The fourth-order valence-corrected chi connectivity index (χ4v) is 2.46. The number of hydrogen-bond donors (Lipinski definition) is 2. The van der Waals surface area contributed by atoms with Crippen molar-refractivity contribution in [1.29, 1.82) is 0 Å². The summed E-state index contributed by atoms with van der Waals surface area (Å²) >= 11 is 3.14. The van der Waals surface area contributed by atoms with Gasteiger partial charge in [0.05, 0.1) is 6.54 Å². The number of carbonyl (C=O) groups is 2. The molecular formula is C13H18BrN3O3. The number of furan rings is 1. The molecule has 0 saturated carbocycles. The molecule has 0 aliphatic carbocycles. The van der Waals surface area contributed by atoms with E-state index >= 15 is 0 Å². The van der Waals surface area contributed by atoms with Crippen molar-refractivity contribution in [3.8, 4) is 0 Å². The fraction of sp³-hybridized carbons (Fsp3) is 0.538. The van der Waals surface area contributed by atoms with Crippen molar-refractivity contribution in [3.63, 3.8) is 0 Å². The number of rotatable bonds is 4. The van der Waals surface area contributed by atoms with Crippen LogP contribution >= 0.6 is 15.9 Å². The molecule has 1 aromatic rings. The highest BCUT2D eigenvalue weighted by molar-refractivity contribution is 9.10. The number of nitrogens with one attached hydrogen (secondary N) is 2. The van der Waals surface area contributed by atoms with Crippen molar-refractivity contribution >= 4 is 27.7 Å². The predicted octanol–water partition coefficient (Wildman–Crippen LogP) is 0.982. The molecule has 1 aliphatic heterocycles. The van der Waals surface area contributed by atoms with Crippen LogP contribution < -0.4 is 10.6 Å². The predicted molar refractivity (Wildman–Crippen MR) is 77.4 cm³/mol. The van der Waals surface area contributed by atoms with Gasteiger partial charge in [-0.3, -0.25) is 9.59 Å². The third kappa shape index (κ3) is 4.08. The molecule has 0 radical (unpaired) electrons. The van der Waals surface area contributed by atoms with Gasteiger partial charge in [-0.2, -0.15) is 0 Å². The van der Waals surface area contributed by atoms with Gasteiger partial charge in [-0.25, -0.2) is 0 Å². The quantitative estimate of drug-likeness (QED) is 0.854. The summed E-state index contributed by atoms with van der Waals surface area (Å²) in [7, 11) is 1.58. The Morgan fingerprint density at radius 2 is 2.35 bits per heavy atom. The van der Waals surface area contributed by atoms with E-state index in [9.17, 15) is 9.59 Å². The second kappa shape index (κ2) is 6.90. The molecule has 7 heteroatoms. The van der Waals surface area contributed by atoms with Gasteiger partial charge >= 0.3 is 0 Å². The molecule has 1 fully saturated rings. The summed E-state index contributed by atoms with van der Waals surface area (Å²) < 4.78 is 5.67. The van der Waals surface area contributed by atoms with Crippen LogP contribution in [-0.2, 0) is 4.79 Å². The molecule has 1 aliphatic rings. The maximum absolute atomic E-state index is 12.0. The van der Waals surface area contributed by atoms with Crippen LogP contribution in [0.15, 0.2) is 21.2 Å². The van der Waals surface area contributed by atoms with Crippen molar-refractivity contribution in [2.75, 3.05) is 26.7 Å². The van der Waals surface area contributed by atoms with Crippen molar-refractivity contribution in [2.45, 2.75) is 18.9 Å². The number of hydrogen-bond acceptors (Lipinski definition) is 4. The molecule has 1 saturated heterocycles. The molecule has 110 valence electrons. The molecule has 20 heavy (non-hydrogen) atoms.